The third-order valence-electron chi connectivity index (χ3n) is 5.20. The molecule has 3 heterocycles. The molecular weight excluding hydrogens is 329 g/mol. The van der Waals surface area contributed by atoms with E-state index >= 15 is 0 Å². The van der Waals surface area contributed by atoms with E-state index in [0.29, 0.717) is 24.7 Å². The number of hydrogen-bond acceptors (Lipinski definition) is 5. The van der Waals surface area contributed by atoms with E-state index in [1.807, 2.05) is 27.7 Å². The summed E-state index contributed by atoms with van der Waals surface area (Å²) in [6.45, 7) is 10.1. The number of nitrogens with zero attached hydrogens (tertiary/aromatic N) is 4. The number of alkyl halides is 1. The number of rotatable bonds is 6. The summed E-state index contributed by atoms with van der Waals surface area (Å²) < 4.78 is 39.7. The molecule has 0 amide bonds. The largest absolute Gasteiger partial charge is 0.525 e. The lowest BCUT2D eigenvalue weighted by molar-refractivity contribution is 0.00578. The normalized spacial score (nSPS) is 23.9. The molecule has 2 fully saturated rings. The quantitative estimate of drug-likeness (QED) is 0.733. The van der Waals surface area contributed by atoms with E-state index in [4.69, 9.17) is 9.31 Å². The first-order valence-corrected chi connectivity index (χ1v) is 8.61. The first kappa shape index (κ1) is 18.5. The average molecular weight is 354 g/mol. The summed E-state index contributed by atoms with van der Waals surface area (Å²) in [6.07, 6.45) is 2.99. The molecule has 9 heteroatoms. The third-order valence-corrected chi connectivity index (χ3v) is 5.20. The van der Waals surface area contributed by atoms with E-state index in [0.717, 1.165) is 13.1 Å². The SMILES string of the molecule is CC1(C)OB(C(F)=Cc2cn(CC3CN(CCF)C3)nn2)OC1(C)C. The van der Waals surface area contributed by atoms with Crippen molar-refractivity contribution in [1.82, 2.24) is 19.9 Å². The van der Waals surface area contributed by atoms with Crippen molar-refractivity contribution in [2.75, 3.05) is 26.3 Å². The molecule has 2 saturated heterocycles. The summed E-state index contributed by atoms with van der Waals surface area (Å²) >= 11 is 0. The Bertz CT molecular complexity index is 628. The Kier molecular flexibility index (Phi) is 5.01. The zero-order valence-corrected chi connectivity index (χ0v) is 15.2. The highest BCUT2D eigenvalue weighted by Gasteiger charge is 2.53. The first-order valence-electron chi connectivity index (χ1n) is 8.61. The molecule has 0 unspecified atom stereocenters. The minimum absolute atomic E-state index is 0.316. The van der Waals surface area contributed by atoms with Crippen LogP contribution in [0.2, 0.25) is 0 Å². The average Bonchev–Trinajstić information content (AvgIpc) is 2.99. The van der Waals surface area contributed by atoms with Gasteiger partial charge < -0.3 is 9.31 Å². The molecule has 1 aromatic heterocycles. The number of hydrogen-bond donors (Lipinski definition) is 0. The van der Waals surface area contributed by atoms with Gasteiger partial charge in [0.05, 0.1) is 17.4 Å². The van der Waals surface area contributed by atoms with Crippen molar-refractivity contribution in [2.24, 2.45) is 5.92 Å². The maximum absolute atomic E-state index is 14.5. The van der Waals surface area contributed by atoms with E-state index in [1.165, 1.54) is 6.08 Å². The topological polar surface area (TPSA) is 52.4 Å². The van der Waals surface area contributed by atoms with Crippen molar-refractivity contribution in [3.63, 3.8) is 0 Å². The zero-order valence-electron chi connectivity index (χ0n) is 15.2. The van der Waals surface area contributed by atoms with E-state index in [2.05, 4.69) is 15.2 Å². The van der Waals surface area contributed by atoms with Gasteiger partial charge in [0.2, 0.25) is 0 Å². The van der Waals surface area contributed by atoms with E-state index in [9.17, 15) is 8.78 Å². The predicted molar refractivity (Wildman–Crippen MR) is 91.1 cm³/mol. The van der Waals surface area contributed by atoms with Gasteiger partial charge in [-0.1, -0.05) is 5.21 Å². The fraction of sp³-hybridized carbons (Fsp3) is 0.750. The van der Waals surface area contributed by atoms with Gasteiger partial charge in [0, 0.05) is 32.1 Å². The van der Waals surface area contributed by atoms with Crippen LogP contribution in [0, 0.1) is 5.92 Å². The second-order valence-corrected chi connectivity index (χ2v) is 7.80. The number of halogens is 2. The highest BCUT2D eigenvalue weighted by atomic mass is 19.1. The second kappa shape index (κ2) is 6.77. The Balaban J connectivity index is 1.57. The van der Waals surface area contributed by atoms with Crippen molar-refractivity contribution in [1.29, 1.82) is 0 Å². The van der Waals surface area contributed by atoms with E-state index in [1.54, 1.807) is 10.9 Å². The molecule has 2 aliphatic heterocycles. The maximum Gasteiger partial charge on any atom is 0.525 e. The molecule has 25 heavy (non-hydrogen) atoms. The predicted octanol–water partition coefficient (Wildman–Crippen LogP) is 2.12. The molecule has 0 atom stereocenters. The van der Waals surface area contributed by atoms with Crippen molar-refractivity contribution in [3.05, 3.63) is 17.6 Å². The van der Waals surface area contributed by atoms with Crippen LogP contribution in [-0.2, 0) is 15.9 Å². The summed E-state index contributed by atoms with van der Waals surface area (Å²) in [5.74, 6) is 0.429. The number of likely N-dealkylation sites (tertiary alicyclic amines) is 1. The molecule has 0 N–H and O–H groups in total. The highest BCUT2D eigenvalue weighted by Crippen LogP contribution is 2.38. The third kappa shape index (κ3) is 3.93. The van der Waals surface area contributed by atoms with Gasteiger partial charge in [-0.05, 0) is 33.8 Å². The van der Waals surface area contributed by atoms with Gasteiger partial charge in [0.25, 0.3) is 0 Å². The van der Waals surface area contributed by atoms with Crippen molar-refractivity contribution < 1.29 is 18.1 Å². The zero-order chi connectivity index (χ0) is 18.2. The Morgan fingerprint density at radius 1 is 1.32 bits per heavy atom. The van der Waals surface area contributed by atoms with Gasteiger partial charge in [-0.3, -0.25) is 9.58 Å². The summed E-state index contributed by atoms with van der Waals surface area (Å²) in [4.78, 5) is 2.06. The first-order chi connectivity index (χ1) is 11.7. The van der Waals surface area contributed by atoms with Crippen LogP contribution in [0.4, 0.5) is 8.78 Å². The van der Waals surface area contributed by atoms with Crippen LogP contribution in [0.3, 0.4) is 0 Å². The molecule has 0 saturated carbocycles. The van der Waals surface area contributed by atoms with Gasteiger partial charge in [0.1, 0.15) is 18.1 Å². The van der Waals surface area contributed by atoms with Crippen LogP contribution in [0.1, 0.15) is 33.4 Å². The van der Waals surface area contributed by atoms with E-state index in [-0.39, 0.29) is 6.67 Å². The molecular formula is C16H25BF2N4O2. The van der Waals surface area contributed by atoms with Crippen molar-refractivity contribution >= 4 is 13.2 Å². The molecule has 2 aliphatic rings. The molecule has 0 aliphatic carbocycles. The molecule has 0 aromatic carbocycles. The fourth-order valence-corrected chi connectivity index (χ4v) is 2.99. The molecule has 6 nitrogen and oxygen atoms in total. The van der Waals surface area contributed by atoms with Gasteiger partial charge in [0.15, 0.2) is 0 Å². The van der Waals surface area contributed by atoms with E-state index < -0.39 is 24.0 Å². The lowest BCUT2D eigenvalue weighted by Gasteiger charge is -2.38. The van der Waals surface area contributed by atoms with Gasteiger partial charge in [-0.2, -0.15) is 0 Å². The van der Waals surface area contributed by atoms with Crippen LogP contribution in [0.15, 0.2) is 11.9 Å². The second-order valence-electron chi connectivity index (χ2n) is 7.80. The Morgan fingerprint density at radius 2 is 1.96 bits per heavy atom. The van der Waals surface area contributed by atoms with Crippen LogP contribution < -0.4 is 0 Å². The van der Waals surface area contributed by atoms with Gasteiger partial charge in [-0.15, -0.1) is 5.10 Å². The molecule has 0 bridgehead atoms. The van der Waals surface area contributed by atoms with Crippen LogP contribution in [0.25, 0.3) is 6.08 Å². The summed E-state index contributed by atoms with van der Waals surface area (Å²) in [7, 11) is -1.03. The fourth-order valence-electron chi connectivity index (χ4n) is 2.99. The summed E-state index contributed by atoms with van der Waals surface area (Å²) in [5, 5.41) is 8.01. The highest BCUT2D eigenvalue weighted by molar-refractivity contribution is 6.54. The minimum atomic E-state index is -1.03. The van der Waals surface area contributed by atoms with Crippen LogP contribution >= 0.6 is 0 Å². The standard InChI is InChI=1S/C16H25BF2N4O2/c1-15(2)16(3,4)25-17(24-15)14(19)7-13-11-23(21-20-13)10-12-8-22(9-12)6-5-18/h7,11-12H,5-6,8-10H2,1-4H3. The van der Waals surface area contributed by atoms with Gasteiger partial charge >= 0.3 is 7.12 Å². The molecule has 3 rings (SSSR count). The Hall–Kier alpha value is -1.32. The smallest absolute Gasteiger partial charge is 0.398 e. The summed E-state index contributed by atoms with van der Waals surface area (Å²) in [6, 6.07) is 0. The van der Waals surface area contributed by atoms with Crippen molar-refractivity contribution in [3.8, 4) is 0 Å². The van der Waals surface area contributed by atoms with Crippen LogP contribution in [0.5, 0.6) is 0 Å². The maximum atomic E-state index is 14.5. The van der Waals surface area contributed by atoms with Crippen LogP contribution in [-0.4, -0.2) is 64.5 Å². The molecule has 138 valence electrons. The summed E-state index contributed by atoms with van der Waals surface area (Å²) in [5.41, 5.74) is -1.28. The lowest BCUT2D eigenvalue weighted by atomic mass is 9.87. The monoisotopic (exact) mass is 354 g/mol. The molecule has 1 aromatic rings. The Morgan fingerprint density at radius 3 is 2.56 bits per heavy atom. The lowest BCUT2D eigenvalue weighted by Crippen LogP contribution is -2.49. The van der Waals surface area contributed by atoms with Gasteiger partial charge in [-0.25, -0.2) is 8.78 Å². The Labute approximate surface area is 147 Å². The van der Waals surface area contributed by atoms with Crippen molar-refractivity contribution in [2.45, 2.75) is 45.4 Å². The minimum Gasteiger partial charge on any atom is -0.398 e. The molecule has 0 spiro atoms. The number of aromatic nitrogens is 3. The molecule has 0 radical (unpaired) electrons.